The van der Waals surface area contributed by atoms with E-state index >= 15 is 0 Å². The van der Waals surface area contributed by atoms with Crippen LogP contribution < -0.4 is 11.3 Å². The van der Waals surface area contributed by atoms with Crippen LogP contribution in [0.15, 0.2) is 29.4 Å². The molecule has 0 aliphatic heterocycles. The molecule has 0 spiro atoms. The van der Waals surface area contributed by atoms with Gasteiger partial charge in [-0.25, -0.2) is 10.8 Å². The highest BCUT2D eigenvalue weighted by Gasteiger charge is 2.06. The molecule has 3 N–H and O–H groups in total. The number of nitrogens with one attached hydrogen (secondary N) is 1. The van der Waals surface area contributed by atoms with Gasteiger partial charge in [0.25, 0.3) is 0 Å². The first-order valence-electron chi connectivity index (χ1n) is 5.24. The summed E-state index contributed by atoms with van der Waals surface area (Å²) in [6.45, 7) is 1.99. The molecule has 0 fully saturated rings. The maximum absolute atomic E-state index is 5.41. The predicted molar refractivity (Wildman–Crippen MR) is 69.6 cm³/mol. The SMILES string of the molecule is Cc1cc(SCc2cccnc2NN)n(C)n1. The molecule has 0 atom stereocenters. The molecule has 0 unspecified atom stereocenters. The van der Waals surface area contributed by atoms with Crippen molar-refractivity contribution in [1.82, 2.24) is 14.8 Å². The summed E-state index contributed by atoms with van der Waals surface area (Å²) in [6, 6.07) is 5.99. The van der Waals surface area contributed by atoms with Gasteiger partial charge in [-0.3, -0.25) is 4.68 Å². The van der Waals surface area contributed by atoms with Crippen molar-refractivity contribution in [2.75, 3.05) is 5.43 Å². The van der Waals surface area contributed by atoms with Crippen molar-refractivity contribution >= 4 is 17.6 Å². The van der Waals surface area contributed by atoms with Crippen LogP contribution in [0.1, 0.15) is 11.3 Å². The molecule has 0 aliphatic rings. The van der Waals surface area contributed by atoms with Crippen molar-refractivity contribution in [3.8, 4) is 0 Å². The van der Waals surface area contributed by atoms with Gasteiger partial charge < -0.3 is 5.43 Å². The molecule has 0 aromatic carbocycles. The van der Waals surface area contributed by atoms with E-state index in [9.17, 15) is 0 Å². The second-order valence-corrected chi connectivity index (χ2v) is 4.69. The highest BCUT2D eigenvalue weighted by atomic mass is 32.2. The number of hydrazine groups is 1. The fourth-order valence-corrected chi connectivity index (χ4v) is 2.58. The average Bonchev–Trinajstić information content (AvgIpc) is 2.65. The molecule has 0 amide bonds. The Morgan fingerprint density at radius 3 is 3.00 bits per heavy atom. The second-order valence-electron chi connectivity index (χ2n) is 3.69. The number of thioether (sulfide) groups is 1. The van der Waals surface area contributed by atoms with Crippen LogP contribution in [0, 0.1) is 6.92 Å². The first kappa shape index (κ1) is 11.9. The summed E-state index contributed by atoms with van der Waals surface area (Å²) in [7, 11) is 1.95. The third kappa shape index (κ3) is 2.78. The largest absolute Gasteiger partial charge is 0.308 e. The van der Waals surface area contributed by atoms with Gasteiger partial charge in [-0.15, -0.1) is 11.8 Å². The molecule has 2 rings (SSSR count). The van der Waals surface area contributed by atoms with Gasteiger partial charge in [0.1, 0.15) is 5.82 Å². The van der Waals surface area contributed by atoms with Gasteiger partial charge in [0.2, 0.25) is 0 Å². The second kappa shape index (κ2) is 5.20. The Hall–Kier alpha value is -1.53. The van der Waals surface area contributed by atoms with Gasteiger partial charge in [-0.05, 0) is 19.1 Å². The van der Waals surface area contributed by atoms with Gasteiger partial charge in [-0.2, -0.15) is 5.10 Å². The Bertz CT molecular complexity index is 508. The molecule has 90 valence electrons. The summed E-state index contributed by atoms with van der Waals surface area (Å²) < 4.78 is 1.88. The molecule has 6 heteroatoms. The zero-order valence-corrected chi connectivity index (χ0v) is 10.7. The Labute approximate surface area is 104 Å². The van der Waals surface area contributed by atoms with Crippen LogP contribution in [0.5, 0.6) is 0 Å². The monoisotopic (exact) mass is 249 g/mol. The molecular weight excluding hydrogens is 234 g/mol. The number of nitrogens with zero attached hydrogens (tertiary/aromatic N) is 3. The molecule has 0 saturated heterocycles. The van der Waals surface area contributed by atoms with Gasteiger partial charge in [0, 0.05) is 24.6 Å². The lowest BCUT2D eigenvalue weighted by molar-refractivity contribution is 0.692. The molecular formula is C11H15N5S. The smallest absolute Gasteiger partial charge is 0.143 e. The van der Waals surface area contributed by atoms with Gasteiger partial charge in [0.05, 0.1) is 10.7 Å². The van der Waals surface area contributed by atoms with Gasteiger partial charge in [-0.1, -0.05) is 6.07 Å². The average molecular weight is 249 g/mol. The summed E-state index contributed by atoms with van der Waals surface area (Å²) in [5.74, 6) is 6.95. The Balaban J connectivity index is 2.09. The molecule has 0 bridgehead atoms. The lowest BCUT2D eigenvalue weighted by atomic mass is 10.3. The molecule has 0 radical (unpaired) electrons. The summed E-state index contributed by atoms with van der Waals surface area (Å²) in [4.78, 5) is 4.17. The number of nitrogens with two attached hydrogens (primary N) is 1. The van der Waals surface area contributed by atoms with E-state index in [-0.39, 0.29) is 0 Å². The first-order chi connectivity index (χ1) is 8.20. The quantitative estimate of drug-likeness (QED) is 0.490. The normalized spacial score (nSPS) is 10.5. The molecule has 2 aromatic heterocycles. The lowest BCUT2D eigenvalue weighted by Gasteiger charge is -2.06. The van der Waals surface area contributed by atoms with E-state index in [1.807, 2.05) is 30.8 Å². The maximum Gasteiger partial charge on any atom is 0.143 e. The number of aryl methyl sites for hydroxylation is 2. The van der Waals surface area contributed by atoms with Crippen molar-refractivity contribution in [3.05, 3.63) is 35.7 Å². The van der Waals surface area contributed by atoms with Gasteiger partial charge in [0.15, 0.2) is 0 Å². The van der Waals surface area contributed by atoms with E-state index in [1.165, 1.54) is 0 Å². The third-order valence-corrected chi connectivity index (χ3v) is 3.50. The molecule has 2 heterocycles. The van der Waals surface area contributed by atoms with E-state index < -0.39 is 0 Å². The highest BCUT2D eigenvalue weighted by molar-refractivity contribution is 7.98. The number of hydrogen-bond acceptors (Lipinski definition) is 5. The van der Waals surface area contributed by atoms with E-state index in [4.69, 9.17) is 5.84 Å². The predicted octanol–water partition coefficient (Wildman–Crippen LogP) is 1.70. The summed E-state index contributed by atoms with van der Waals surface area (Å²) in [5.41, 5.74) is 4.71. The van der Waals surface area contributed by atoms with Crippen LogP contribution in [-0.4, -0.2) is 14.8 Å². The summed E-state index contributed by atoms with van der Waals surface area (Å²) in [6.07, 6.45) is 1.72. The van der Waals surface area contributed by atoms with Crippen molar-refractivity contribution in [2.24, 2.45) is 12.9 Å². The Morgan fingerprint density at radius 1 is 1.53 bits per heavy atom. The maximum atomic E-state index is 5.41. The minimum absolute atomic E-state index is 0.721. The molecule has 17 heavy (non-hydrogen) atoms. The highest BCUT2D eigenvalue weighted by Crippen LogP contribution is 2.25. The number of aromatic nitrogens is 3. The van der Waals surface area contributed by atoms with Crippen LogP contribution >= 0.6 is 11.8 Å². The third-order valence-electron chi connectivity index (χ3n) is 2.36. The topological polar surface area (TPSA) is 68.8 Å². The number of anilines is 1. The van der Waals surface area contributed by atoms with Crippen LogP contribution in [0.25, 0.3) is 0 Å². The Kier molecular flexibility index (Phi) is 3.65. The van der Waals surface area contributed by atoms with Crippen LogP contribution in [0.3, 0.4) is 0 Å². The van der Waals surface area contributed by atoms with Crippen molar-refractivity contribution < 1.29 is 0 Å². The van der Waals surface area contributed by atoms with E-state index in [0.29, 0.717) is 0 Å². The van der Waals surface area contributed by atoms with Crippen LogP contribution in [0.2, 0.25) is 0 Å². The van der Waals surface area contributed by atoms with Gasteiger partial charge >= 0.3 is 0 Å². The molecule has 0 aliphatic carbocycles. The number of hydrogen-bond donors (Lipinski definition) is 2. The zero-order chi connectivity index (χ0) is 12.3. The minimum Gasteiger partial charge on any atom is -0.308 e. The first-order valence-corrected chi connectivity index (χ1v) is 6.23. The fraction of sp³-hybridized carbons (Fsp3) is 0.273. The van der Waals surface area contributed by atoms with Crippen molar-refractivity contribution in [1.29, 1.82) is 0 Å². The van der Waals surface area contributed by atoms with Crippen LogP contribution in [-0.2, 0) is 12.8 Å². The van der Waals surface area contributed by atoms with Crippen LogP contribution in [0.4, 0.5) is 5.82 Å². The lowest BCUT2D eigenvalue weighted by Crippen LogP contribution is -2.10. The zero-order valence-electron chi connectivity index (χ0n) is 9.84. The van der Waals surface area contributed by atoms with Crippen molar-refractivity contribution in [2.45, 2.75) is 17.7 Å². The van der Waals surface area contributed by atoms with E-state index in [0.717, 1.165) is 27.9 Å². The number of nitrogen functional groups attached to an aromatic ring is 1. The standard InChI is InChI=1S/C11H15N5S/c1-8-6-10(16(2)15-8)17-7-9-4-3-5-13-11(9)14-12/h3-6H,7,12H2,1-2H3,(H,13,14). The summed E-state index contributed by atoms with van der Waals surface area (Å²) in [5, 5.41) is 5.44. The molecule has 2 aromatic rings. The molecule has 0 saturated carbocycles. The number of pyridine rings is 1. The van der Waals surface area contributed by atoms with Crippen molar-refractivity contribution in [3.63, 3.8) is 0 Å². The van der Waals surface area contributed by atoms with E-state index in [1.54, 1.807) is 18.0 Å². The number of rotatable bonds is 4. The van der Waals surface area contributed by atoms with E-state index in [2.05, 4.69) is 21.6 Å². The fourth-order valence-electron chi connectivity index (χ4n) is 1.56. The molecule has 5 nitrogen and oxygen atoms in total. The Morgan fingerprint density at radius 2 is 2.35 bits per heavy atom. The summed E-state index contributed by atoms with van der Waals surface area (Å²) >= 11 is 1.72. The minimum atomic E-state index is 0.721.